The maximum atomic E-state index is 14.1. The van der Waals surface area contributed by atoms with Crippen molar-refractivity contribution in [1.29, 1.82) is 0 Å². The lowest BCUT2D eigenvalue weighted by atomic mass is 9.76. The standard InChI is InChI=1S/C22H23FN4O2S/c1-12-6-13(8-14(24)7-12)16-4-5-25-10-19(16)26-21(29)20-11-30-22(27-20)17-3-2-15(28)9-18(17)23/h2-5,9-14,28H,6-8,24H2,1H3,(H,26,29)/t12-,13+,14-/m0/s1. The number of nitrogens with zero attached hydrogens (tertiary/aromatic N) is 2. The first kappa shape index (κ1) is 20.4. The number of hydrogen-bond donors (Lipinski definition) is 3. The highest BCUT2D eigenvalue weighted by Gasteiger charge is 2.27. The molecule has 0 unspecified atom stereocenters. The van der Waals surface area contributed by atoms with Gasteiger partial charge < -0.3 is 16.2 Å². The Bertz CT molecular complexity index is 1060. The number of carbonyl (C=O) groups excluding carboxylic acids is 1. The molecule has 8 heteroatoms. The number of aromatic hydroxyl groups is 1. The van der Waals surface area contributed by atoms with Crippen molar-refractivity contribution < 1.29 is 14.3 Å². The first-order valence-corrected chi connectivity index (χ1v) is 10.7. The van der Waals surface area contributed by atoms with Crippen molar-refractivity contribution in [1.82, 2.24) is 9.97 Å². The molecule has 1 amide bonds. The fourth-order valence-electron chi connectivity index (χ4n) is 4.14. The van der Waals surface area contributed by atoms with E-state index in [1.165, 1.54) is 23.5 Å². The van der Waals surface area contributed by atoms with Crippen LogP contribution in [0.1, 0.15) is 48.2 Å². The van der Waals surface area contributed by atoms with Crippen molar-refractivity contribution in [3.8, 4) is 16.3 Å². The number of pyridine rings is 1. The van der Waals surface area contributed by atoms with Crippen molar-refractivity contribution in [3.05, 3.63) is 59.1 Å². The summed E-state index contributed by atoms with van der Waals surface area (Å²) in [5.74, 6) is -0.338. The number of amides is 1. The zero-order valence-corrected chi connectivity index (χ0v) is 17.3. The highest BCUT2D eigenvalue weighted by atomic mass is 32.1. The zero-order chi connectivity index (χ0) is 21.3. The molecular weight excluding hydrogens is 403 g/mol. The van der Waals surface area contributed by atoms with Crippen LogP contribution in [0.25, 0.3) is 10.6 Å². The summed E-state index contributed by atoms with van der Waals surface area (Å²) in [6.07, 6.45) is 6.27. The second kappa shape index (κ2) is 8.49. The summed E-state index contributed by atoms with van der Waals surface area (Å²) in [6.45, 7) is 2.20. The van der Waals surface area contributed by atoms with E-state index in [1.54, 1.807) is 17.8 Å². The van der Waals surface area contributed by atoms with E-state index in [2.05, 4.69) is 22.2 Å². The Labute approximate surface area is 178 Å². The number of thiazole rings is 1. The van der Waals surface area contributed by atoms with Gasteiger partial charge in [-0.05, 0) is 54.9 Å². The van der Waals surface area contributed by atoms with Gasteiger partial charge in [0.15, 0.2) is 0 Å². The smallest absolute Gasteiger partial charge is 0.275 e. The monoisotopic (exact) mass is 426 g/mol. The average Bonchev–Trinajstić information content (AvgIpc) is 3.17. The zero-order valence-electron chi connectivity index (χ0n) is 16.5. The van der Waals surface area contributed by atoms with Gasteiger partial charge in [-0.25, -0.2) is 9.37 Å². The number of nitrogens with one attached hydrogen (secondary N) is 1. The Morgan fingerprint density at radius 3 is 2.90 bits per heavy atom. The third-order valence-corrected chi connectivity index (χ3v) is 6.32. The van der Waals surface area contributed by atoms with Crippen LogP contribution in [-0.4, -0.2) is 27.0 Å². The maximum absolute atomic E-state index is 14.1. The second-order valence-electron chi connectivity index (χ2n) is 7.89. The van der Waals surface area contributed by atoms with E-state index < -0.39 is 5.82 Å². The molecule has 0 radical (unpaired) electrons. The van der Waals surface area contributed by atoms with Gasteiger partial charge in [-0.2, -0.15) is 0 Å². The summed E-state index contributed by atoms with van der Waals surface area (Å²) in [6, 6.07) is 5.93. The summed E-state index contributed by atoms with van der Waals surface area (Å²) in [5, 5.41) is 14.2. The highest BCUT2D eigenvalue weighted by Crippen LogP contribution is 2.38. The van der Waals surface area contributed by atoms with Crippen LogP contribution in [0.2, 0.25) is 0 Å². The molecular formula is C22H23FN4O2S. The van der Waals surface area contributed by atoms with Crippen molar-refractivity contribution in [2.75, 3.05) is 5.32 Å². The minimum Gasteiger partial charge on any atom is -0.508 e. The summed E-state index contributed by atoms with van der Waals surface area (Å²) in [7, 11) is 0. The van der Waals surface area contributed by atoms with E-state index in [0.717, 1.165) is 30.9 Å². The second-order valence-corrected chi connectivity index (χ2v) is 8.75. The molecule has 2 aromatic heterocycles. The maximum Gasteiger partial charge on any atom is 0.275 e. The van der Waals surface area contributed by atoms with Crippen molar-refractivity contribution in [3.63, 3.8) is 0 Å². The number of nitrogens with two attached hydrogens (primary N) is 1. The lowest BCUT2D eigenvalue weighted by molar-refractivity contribution is 0.102. The lowest BCUT2D eigenvalue weighted by Gasteiger charge is -2.32. The third-order valence-electron chi connectivity index (χ3n) is 5.44. The fraction of sp³-hybridized carbons (Fsp3) is 0.318. The number of benzene rings is 1. The number of carbonyl (C=O) groups is 1. The quantitative estimate of drug-likeness (QED) is 0.569. The van der Waals surface area contributed by atoms with E-state index in [-0.39, 0.29) is 34.9 Å². The number of phenolic OH excluding ortho intramolecular Hbond substituents is 1. The SMILES string of the molecule is C[C@@H]1C[C@H](N)C[C@H](c2ccncc2NC(=O)c2csc(-c3ccc(O)cc3F)n2)C1. The van der Waals surface area contributed by atoms with Crippen LogP contribution in [-0.2, 0) is 0 Å². The molecule has 4 rings (SSSR count). The number of aromatic nitrogens is 2. The van der Waals surface area contributed by atoms with Crippen LogP contribution in [0.3, 0.4) is 0 Å². The molecule has 3 atom stereocenters. The Hall–Kier alpha value is -2.84. The first-order chi connectivity index (χ1) is 14.4. The molecule has 3 aromatic rings. The minimum absolute atomic E-state index is 0.150. The Kier molecular flexibility index (Phi) is 5.78. The molecule has 2 heterocycles. The summed E-state index contributed by atoms with van der Waals surface area (Å²) in [4.78, 5) is 21.2. The van der Waals surface area contributed by atoms with Crippen LogP contribution >= 0.6 is 11.3 Å². The summed E-state index contributed by atoms with van der Waals surface area (Å²) >= 11 is 1.17. The van der Waals surface area contributed by atoms with Crippen LogP contribution < -0.4 is 11.1 Å². The molecule has 30 heavy (non-hydrogen) atoms. The van der Waals surface area contributed by atoms with Gasteiger partial charge >= 0.3 is 0 Å². The minimum atomic E-state index is -0.589. The van der Waals surface area contributed by atoms with Crippen LogP contribution in [0.15, 0.2) is 42.0 Å². The van der Waals surface area contributed by atoms with Gasteiger partial charge in [-0.3, -0.25) is 9.78 Å². The largest absolute Gasteiger partial charge is 0.508 e. The van der Waals surface area contributed by atoms with Crippen molar-refractivity contribution >= 4 is 22.9 Å². The molecule has 0 saturated heterocycles. The van der Waals surface area contributed by atoms with Gasteiger partial charge in [0.25, 0.3) is 5.91 Å². The predicted molar refractivity (Wildman–Crippen MR) is 115 cm³/mol. The van der Waals surface area contributed by atoms with Crippen LogP contribution in [0.4, 0.5) is 10.1 Å². The molecule has 156 valence electrons. The van der Waals surface area contributed by atoms with Gasteiger partial charge in [0.05, 0.1) is 11.9 Å². The summed E-state index contributed by atoms with van der Waals surface area (Å²) < 4.78 is 14.1. The number of anilines is 1. The van der Waals surface area contributed by atoms with E-state index in [4.69, 9.17) is 5.73 Å². The Morgan fingerprint density at radius 1 is 1.30 bits per heavy atom. The molecule has 1 saturated carbocycles. The van der Waals surface area contributed by atoms with E-state index in [9.17, 15) is 14.3 Å². The molecule has 1 aromatic carbocycles. The number of rotatable bonds is 4. The molecule has 0 bridgehead atoms. The molecule has 6 nitrogen and oxygen atoms in total. The van der Waals surface area contributed by atoms with Gasteiger partial charge in [0.2, 0.25) is 0 Å². The topological polar surface area (TPSA) is 101 Å². The van der Waals surface area contributed by atoms with Gasteiger partial charge in [-0.1, -0.05) is 6.92 Å². The normalized spacial score (nSPS) is 21.4. The van der Waals surface area contributed by atoms with E-state index >= 15 is 0 Å². The molecule has 1 aliphatic rings. The molecule has 1 fully saturated rings. The lowest BCUT2D eigenvalue weighted by Crippen LogP contribution is -2.31. The van der Waals surface area contributed by atoms with Gasteiger partial charge in [0, 0.05) is 29.2 Å². The van der Waals surface area contributed by atoms with Crippen molar-refractivity contribution in [2.24, 2.45) is 11.7 Å². The molecule has 0 aliphatic heterocycles. The highest BCUT2D eigenvalue weighted by molar-refractivity contribution is 7.13. The van der Waals surface area contributed by atoms with E-state index in [0.29, 0.717) is 16.6 Å². The number of halogens is 1. The van der Waals surface area contributed by atoms with Gasteiger partial charge in [0.1, 0.15) is 22.3 Å². The molecule has 4 N–H and O–H groups in total. The third kappa shape index (κ3) is 4.34. The molecule has 1 aliphatic carbocycles. The summed E-state index contributed by atoms with van der Waals surface area (Å²) in [5.41, 5.74) is 8.34. The molecule has 0 spiro atoms. The number of phenols is 1. The Balaban J connectivity index is 1.55. The fourth-order valence-corrected chi connectivity index (χ4v) is 4.97. The number of hydrogen-bond acceptors (Lipinski definition) is 6. The van der Waals surface area contributed by atoms with Gasteiger partial charge in [-0.15, -0.1) is 11.3 Å². The first-order valence-electron chi connectivity index (χ1n) is 9.86. The average molecular weight is 427 g/mol. The van der Waals surface area contributed by atoms with Crippen molar-refractivity contribution in [2.45, 2.75) is 38.1 Å². The van der Waals surface area contributed by atoms with Crippen LogP contribution in [0, 0.1) is 11.7 Å². The van der Waals surface area contributed by atoms with E-state index in [1.807, 2.05) is 6.07 Å². The predicted octanol–water partition coefficient (Wildman–Crippen LogP) is 4.53. The van der Waals surface area contributed by atoms with Crippen LogP contribution in [0.5, 0.6) is 5.75 Å². The Morgan fingerprint density at radius 2 is 2.13 bits per heavy atom.